The maximum atomic E-state index is 6.26. The summed E-state index contributed by atoms with van der Waals surface area (Å²) >= 11 is 12.5. The number of pyridine rings is 1. The van der Waals surface area contributed by atoms with E-state index in [-0.39, 0.29) is 6.04 Å². The fraction of sp³-hybridized carbons (Fsp3) is 0.385. The van der Waals surface area contributed by atoms with Crippen molar-refractivity contribution in [2.45, 2.75) is 19.4 Å². The molecule has 0 aromatic carbocycles. The Labute approximate surface area is 122 Å². The van der Waals surface area contributed by atoms with Crippen LogP contribution in [0.25, 0.3) is 0 Å². The zero-order valence-electron chi connectivity index (χ0n) is 11.1. The molecule has 1 N–H and O–H groups in total. The SMILES string of the molecule is CNC(Cc1c(C)nn(C)c1Cl)c1ncccc1Cl. The first-order chi connectivity index (χ1) is 9.04. The molecule has 0 radical (unpaired) electrons. The summed E-state index contributed by atoms with van der Waals surface area (Å²) in [7, 11) is 3.72. The van der Waals surface area contributed by atoms with E-state index in [2.05, 4.69) is 15.4 Å². The first kappa shape index (κ1) is 14.3. The molecule has 19 heavy (non-hydrogen) atoms. The van der Waals surface area contributed by atoms with Crippen LogP contribution in [0, 0.1) is 6.92 Å². The van der Waals surface area contributed by atoms with E-state index in [9.17, 15) is 0 Å². The van der Waals surface area contributed by atoms with Crippen LogP contribution in [-0.2, 0) is 13.5 Å². The third-order valence-electron chi connectivity index (χ3n) is 3.14. The molecule has 6 heteroatoms. The summed E-state index contributed by atoms with van der Waals surface area (Å²) in [6.07, 6.45) is 2.44. The van der Waals surface area contributed by atoms with Crippen molar-refractivity contribution >= 4 is 23.2 Å². The van der Waals surface area contributed by atoms with Gasteiger partial charge in [0.2, 0.25) is 0 Å². The van der Waals surface area contributed by atoms with E-state index in [4.69, 9.17) is 23.2 Å². The summed E-state index contributed by atoms with van der Waals surface area (Å²) in [6, 6.07) is 3.67. The number of hydrogen-bond donors (Lipinski definition) is 1. The van der Waals surface area contributed by atoms with E-state index in [0.717, 1.165) is 17.0 Å². The molecule has 4 nitrogen and oxygen atoms in total. The van der Waals surface area contributed by atoms with Gasteiger partial charge in [-0.1, -0.05) is 23.2 Å². The van der Waals surface area contributed by atoms with Crippen LogP contribution >= 0.6 is 23.2 Å². The molecule has 0 bridgehead atoms. The monoisotopic (exact) mass is 298 g/mol. The van der Waals surface area contributed by atoms with E-state index in [1.165, 1.54) is 0 Å². The highest BCUT2D eigenvalue weighted by molar-refractivity contribution is 6.31. The first-order valence-electron chi connectivity index (χ1n) is 6.00. The number of halogens is 2. The predicted molar refractivity (Wildman–Crippen MR) is 77.7 cm³/mol. The first-order valence-corrected chi connectivity index (χ1v) is 6.75. The molecule has 0 aliphatic rings. The van der Waals surface area contributed by atoms with Crippen molar-refractivity contribution in [3.63, 3.8) is 0 Å². The molecule has 1 unspecified atom stereocenters. The van der Waals surface area contributed by atoms with Crippen LogP contribution in [-0.4, -0.2) is 21.8 Å². The molecular weight excluding hydrogens is 283 g/mol. The standard InChI is InChI=1S/C13H16Cl2N4/c1-8-9(13(15)19(3)18-8)7-11(16-2)12-10(14)5-4-6-17-12/h4-6,11,16H,7H2,1-3H3. The molecule has 2 rings (SSSR count). The number of aromatic nitrogens is 3. The topological polar surface area (TPSA) is 42.7 Å². The molecule has 0 amide bonds. The highest BCUT2D eigenvalue weighted by atomic mass is 35.5. The van der Waals surface area contributed by atoms with Gasteiger partial charge in [-0.05, 0) is 32.5 Å². The summed E-state index contributed by atoms with van der Waals surface area (Å²) in [5.41, 5.74) is 2.77. The normalized spacial score (nSPS) is 12.7. The maximum absolute atomic E-state index is 6.26. The van der Waals surface area contributed by atoms with Crippen LogP contribution < -0.4 is 5.32 Å². The molecule has 0 spiro atoms. The highest BCUT2D eigenvalue weighted by Crippen LogP contribution is 2.27. The van der Waals surface area contributed by atoms with Crippen molar-refractivity contribution in [3.05, 3.63) is 45.5 Å². The Hall–Kier alpha value is -1.10. The second-order valence-electron chi connectivity index (χ2n) is 4.39. The second kappa shape index (κ2) is 5.90. The predicted octanol–water partition coefficient (Wildman–Crippen LogP) is 2.93. The van der Waals surface area contributed by atoms with Crippen molar-refractivity contribution in [1.82, 2.24) is 20.1 Å². The zero-order chi connectivity index (χ0) is 14.0. The van der Waals surface area contributed by atoms with Crippen LogP contribution in [0.3, 0.4) is 0 Å². The van der Waals surface area contributed by atoms with Gasteiger partial charge in [0.1, 0.15) is 5.15 Å². The van der Waals surface area contributed by atoms with Crippen LogP contribution in [0.4, 0.5) is 0 Å². The van der Waals surface area contributed by atoms with Gasteiger partial charge in [0.15, 0.2) is 0 Å². The maximum Gasteiger partial charge on any atom is 0.130 e. The number of nitrogens with zero attached hydrogens (tertiary/aromatic N) is 3. The Bertz CT molecular complexity index is 580. The lowest BCUT2D eigenvalue weighted by Gasteiger charge is -2.16. The average molecular weight is 299 g/mol. The van der Waals surface area contributed by atoms with Crippen molar-refractivity contribution in [3.8, 4) is 0 Å². The highest BCUT2D eigenvalue weighted by Gasteiger charge is 2.20. The summed E-state index contributed by atoms with van der Waals surface area (Å²) < 4.78 is 1.68. The molecule has 2 heterocycles. The zero-order valence-corrected chi connectivity index (χ0v) is 12.6. The lowest BCUT2D eigenvalue weighted by atomic mass is 10.0. The Balaban J connectivity index is 2.32. The molecular formula is C13H16Cl2N4. The molecule has 0 fully saturated rings. The molecule has 102 valence electrons. The van der Waals surface area contributed by atoms with Crippen LogP contribution in [0.2, 0.25) is 10.2 Å². The van der Waals surface area contributed by atoms with Gasteiger partial charge < -0.3 is 5.32 Å². The largest absolute Gasteiger partial charge is 0.311 e. The van der Waals surface area contributed by atoms with Gasteiger partial charge in [-0.25, -0.2) is 0 Å². The molecule has 2 aromatic rings. The van der Waals surface area contributed by atoms with E-state index >= 15 is 0 Å². The number of rotatable bonds is 4. The molecule has 1 atom stereocenters. The van der Waals surface area contributed by atoms with Crippen LogP contribution in [0.1, 0.15) is 23.0 Å². The minimum absolute atomic E-state index is 0.00843. The third kappa shape index (κ3) is 2.91. The van der Waals surface area contributed by atoms with Crippen LogP contribution in [0.15, 0.2) is 18.3 Å². The third-order valence-corrected chi connectivity index (χ3v) is 3.94. The number of hydrogen-bond acceptors (Lipinski definition) is 3. The van der Waals surface area contributed by atoms with Crippen molar-refractivity contribution in [2.24, 2.45) is 7.05 Å². The van der Waals surface area contributed by atoms with Gasteiger partial charge >= 0.3 is 0 Å². The summed E-state index contributed by atoms with van der Waals surface area (Å²) in [4.78, 5) is 4.35. The van der Waals surface area contributed by atoms with Gasteiger partial charge in [0.05, 0.1) is 22.5 Å². The summed E-state index contributed by atoms with van der Waals surface area (Å²) in [6.45, 7) is 1.95. The Kier molecular flexibility index (Phi) is 4.45. The van der Waals surface area contributed by atoms with Crippen molar-refractivity contribution in [1.29, 1.82) is 0 Å². The van der Waals surface area contributed by atoms with Gasteiger partial charge in [-0.2, -0.15) is 5.10 Å². The van der Waals surface area contributed by atoms with Crippen molar-refractivity contribution in [2.75, 3.05) is 7.05 Å². The van der Waals surface area contributed by atoms with Gasteiger partial charge in [0, 0.05) is 18.8 Å². The van der Waals surface area contributed by atoms with E-state index in [1.54, 1.807) is 10.9 Å². The molecule has 0 saturated carbocycles. The lowest BCUT2D eigenvalue weighted by molar-refractivity contribution is 0.575. The molecule has 0 aliphatic heterocycles. The number of nitrogens with one attached hydrogen (secondary N) is 1. The Morgan fingerprint density at radius 3 is 2.68 bits per heavy atom. The van der Waals surface area contributed by atoms with Crippen LogP contribution in [0.5, 0.6) is 0 Å². The van der Waals surface area contributed by atoms with Gasteiger partial charge in [-0.3, -0.25) is 9.67 Å². The fourth-order valence-corrected chi connectivity index (χ4v) is 2.60. The smallest absolute Gasteiger partial charge is 0.130 e. The van der Waals surface area contributed by atoms with E-state index in [0.29, 0.717) is 16.6 Å². The Morgan fingerprint density at radius 1 is 1.42 bits per heavy atom. The lowest BCUT2D eigenvalue weighted by Crippen LogP contribution is -2.20. The summed E-state index contributed by atoms with van der Waals surface area (Å²) in [5.74, 6) is 0. The minimum atomic E-state index is 0.00843. The molecule has 2 aromatic heterocycles. The minimum Gasteiger partial charge on any atom is -0.311 e. The van der Waals surface area contributed by atoms with E-state index < -0.39 is 0 Å². The quantitative estimate of drug-likeness (QED) is 0.944. The van der Waals surface area contributed by atoms with Gasteiger partial charge in [0.25, 0.3) is 0 Å². The molecule has 0 aliphatic carbocycles. The van der Waals surface area contributed by atoms with Crippen molar-refractivity contribution < 1.29 is 0 Å². The average Bonchev–Trinajstić information content (AvgIpc) is 2.63. The molecule has 0 saturated heterocycles. The fourth-order valence-electron chi connectivity index (χ4n) is 2.10. The second-order valence-corrected chi connectivity index (χ2v) is 5.16. The summed E-state index contributed by atoms with van der Waals surface area (Å²) in [5, 5.41) is 8.86. The Morgan fingerprint density at radius 2 is 2.16 bits per heavy atom. The van der Waals surface area contributed by atoms with E-state index in [1.807, 2.05) is 33.2 Å². The number of aryl methyl sites for hydroxylation is 2. The van der Waals surface area contributed by atoms with Gasteiger partial charge in [-0.15, -0.1) is 0 Å². The number of likely N-dealkylation sites (N-methyl/N-ethyl adjacent to an activating group) is 1.